The van der Waals surface area contributed by atoms with Gasteiger partial charge in [0, 0.05) is 38.0 Å². The van der Waals surface area contributed by atoms with Crippen molar-refractivity contribution in [2.75, 3.05) is 0 Å². The molecule has 0 aliphatic rings. The number of fused-ring (bicyclic) bond motifs is 4. The zero-order chi connectivity index (χ0) is 27.5. The molecule has 6 heteroatoms. The summed E-state index contributed by atoms with van der Waals surface area (Å²) < 4.78 is 5.57. The van der Waals surface area contributed by atoms with Crippen LogP contribution in [0.3, 0.4) is 0 Å². The number of ketones is 1. The Morgan fingerprint density at radius 2 is 1.65 bits per heavy atom. The van der Waals surface area contributed by atoms with Gasteiger partial charge < -0.3 is 5.11 Å². The Hall–Kier alpha value is -2.33. The number of aromatic nitrogens is 1. The molecule has 40 heavy (non-hydrogen) atoms. The number of pyridine rings is 1. The fraction of sp³-hybridized carbons (Fsp3) is 0.294. The fourth-order valence-corrected chi connectivity index (χ4v) is 9.22. The molecule has 1 radical (unpaired) electrons. The summed E-state index contributed by atoms with van der Waals surface area (Å²) in [6, 6.07) is 23.2. The molecule has 0 bridgehead atoms. The molecule has 0 saturated carbocycles. The molecule has 209 valence electrons. The third-order valence-electron chi connectivity index (χ3n) is 7.71. The number of nitrogens with zero attached hydrogens (tertiary/aromatic N) is 1. The average Bonchev–Trinajstić information content (AvgIpc) is 3.27. The van der Waals surface area contributed by atoms with Gasteiger partial charge in [0.15, 0.2) is 5.78 Å². The van der Waals surface area contributed by atoms with Crippen LogP contribution in [0.5, 0.6) is 0 Å². The quantitative estimate of drug-likeness (QED) is 0.0759. The predicted molar refractivity (Wildman–Crippen MR) is 169 cm³/mol. The summed E-state index contributed by atoms with van der Waals surface area (Å²) in [7, 11) is 0. The van der Waals surface area contributed by atoms with E-state index in [1.165, 1.54) is 50.9 Å². The van der Waals surface area contributed by atoms with Crippen molar-refractivity contribution in [1.82, 2.24) is 4.98 Å². The second kappa shape index (κ2) is 13.6. The number of carbonyl (C=O) groups excluding carboxylic acids is 1. The molecule has 3 aromatic carbocycles. The monoisotopic (exact) mass is 793 g/mol. The minimum absolute atomic E-state index is 0. The Balaban J connectivity index is 0.000000204. The third kappa shape index (κ3) is 5.84. The second-order valence-corrected chi connectivity index (χ2v) is 13.2. The molecular formula is C34H34IrNO2SSe-. The Labute approximate surface area is 259 Å². The van der Waals surface area contributed by atoms with Gasteiger partial charge in [-0.05, 0) is 25.7 Å². The van der Waals surface area contributed by atoms with Gasteiger partial charge in [0.05, 0.1) is 5.76 Å². The summed E-state index contributed by atoms with van der Waals surface area (Å²) in [6.45, 7) is 8.07. The van der Waals surface area contributed by atoms with Crippen molar-refractivity contribution in [2.45, 2.75) is 53.4 Å². The van der Waals surface area contributed by atoms with E-state index in [0.717, 1.165) is 31.2 Å². The molecule has 6 aromatic rings. The normalized spacial score (nSPS) is 12.0. The summed E-state index contributed by atoms with van der Waals surface area (Å²) in [6.07, 6.45) is 6.85. The molecule has 3 aromatic heterocycles. The molecule has 0 aliphatic heterocycles. The van der Waals surface area contributed by atoms with Crippen molar-refractivity contribution in [3.63, 3.8) is 0 Å². The Morgan fingerprint density at radius 1 is 0.950 bits per heavy atom. The van der Waals surface area contributed by atoms with Crippen LogP contribution in [0.4, 0.5) is 0 Å². The number of carbonyl (C=O) groups is 1. The third-order valence-corrected chi connectivity index (χ3v) is 11.3. The SMILES string of the molecule is CCC(CC)C(=O)/C=C(\O)C(CC)CC.[Ir].[c-]1cc2ccccc2c2[se]c3cccc4sc5ccnc(c12)c5c43. The van der Waals surface area contributed by atoms with Gasteiger partial charge in [-0.15, -0.1) is 0 Å². The molecular weight excluding hydrogens is 758 g/mol. The van der Waals surface area contributed by atoms with Crippen LogP contribution in [0.15, 0.2) is 72.6 Å². The van der Waals surface area contributed by atoms with Gasteiger partial charge in [-0.1, -0.05) is 27.7 Å². The van der Waals surface area contributed by atoms with Crippen molar-refractivity contribution >= 4 is 82.0 Å². The number of hydrogen-bond donors (Lipinski definition) is 1. The van der Waals surface area contributed by atoms with Gasteiger partial charge >= 0.3 is 148 Å². The molecule has 6 rings (SSSR count). The first-order chi connectivity index (χ1) is 19.0. The number of aliphatic hydroxyl groups excluding tert-OH is 1. The zero-order valence-corrected chi connectivity index (χ0v) is 28.2. The number of thiophene rings is 1. The van der Waals surface area contributed by atoms with Gasteiger partial charge in [0.2, 0.25) is 0 Å². The molecule has 0 spiro atoms. The Bertz CT molecular complexity index is 1810. The summed E-state index contributed by atoms with van der Waals surface area (Å²) in [5, 5.41) is 16.3. The van der Waals surface area contributed by atoms with E-state index in [0.29, 0.717) is 0 Å². The van der Waals surface area contributed by atoms with Crippen LogP contribution < -0.4 is 0 Å². The Morgan fingerprint density at radius 3 is 2.38 bits per heavy atom. The summed E-state index contributed by atoms with van der Waals surface area (Å²) >= 11 is 2.12. The number of benzene rings is 3. The summed E-state index contributed by atoms with van der Waals surface area (Å²) in [5.41, 5.74) is 1.10. The maximum absolute atomic E-state index is 11.7. The fourth-order valence-electron chi connectivity index (χ4n) is 5.36. The van der Waals surface area contributed by atoms with Crippen LogP contribution in [0.2, 0.25) is 0 Å². The van der Waals surface area contributed by atoms with Gasteiger partial charge in [0.1, 0.15) is 0 Å². The van der Waals surface area contributed by atoms with Crippen molar-refractivity contribution in [3.8, 4) is 0 Å². The standard InChI is InChI=1S/C21H10NSSe.C13H24O2.Ir/c1-2-5-13-12(4-1)8-9-14-20-19-16(10-11-22-20)23-15-6-3-7-17(18(15)19)24-21(13)14;1-5-10(6-2)12(14)9-13(15)11(7-3)8-4;/h1-8,10-11H;9-11,14H,5-8H2,1-4H3;/q-1;;/b;12-9-;. The average molecular weight is 792 g/mol. The number of rotatable bonds is 7. The molecule has 0 aliphatic carbocycles. The van der Waals surface area contributed by atoms with E-state index in [9.17, 15) is 9.90 Å². The molecule has 0 amide bonds. The molecule has 0 unspecified atom stereocenters. The molecule has 0 saturated heterocycles. The van der Waals surface area contributed by atoms with E-state index in [1.54, 1.807) is 0 Å². The van der Waals surface area contributed by atoms with E-state index in [2.05, 4.69) is 60.7 Å². The van der Waals surface area contributed by atoms with Crippen LogP contribution in [0.25, 0.3) is 50.4 Å². The topological polar surface area (TPSA) is 50.2 Å². The van der Waals surface area contributed by atoms with Crippen molar-refractivity contribution in [1.29, 1.82) is 0 Å². The van der Waals surface area contributed by atoms with Crippen molar-refractivity contribution < 1.29 is 30.0 Å². The van der Waals surface area contributed by atoms with E-state index < -0.39 is 0 Å². The van der Waals surface area contributed by atoms with E-state index in [-0.39, 0.29) is 58.0 Å². The molecule has 0 fully saturated rings. The predicted octanol–water partition coefficient (Wildman–Crippen LogP) is 9.63. The number of allylic oxidation sites excluding steroid dienone is 2. The van der Waals surface area contributed by atoms with Gasteiger partial charge in [-0.2, -0.15) is 0 Å². The first kappa shape index (κ1) is 30.6. The summed E-state index contributed by atoms with van der Waals surface area (Å²) in [4.78, 5) is 16.5. The number of hydrogen-bond acceptors (Lipinski definition) is 4. The number of aliphatic hydroxyl groups is 1. The van der Waals surface area contributed by atoms with Gasteiger partial charge in [0.25, 0.3) is 0 Å². The van der Waals surface area contributed by atoms with Crippen LogP contribution in [0, 0.1) is 17.9 Å². The van der Waals surface area contributed by atoms with Crippen molar-refractivity contribution in [2.24, 2.45) is 11.8 Å². The molecule has 1 N–H and O–H groups in total. The van der Waals surface area contributed by atoms with Crippen molar-refractivity contribution in [3.05, 3.63) is 78.7 Å². The van der Waals surface area contributed by atoms with Crippen LogP contribution in [-0.4, -0.2) is 30.4 Å². The second-order valence-electron chi connectivity index (χ2n) is 9.94. The zero-order valence-electron chi connectivity index (χ0n) is 23.3. The first-order valence-corrected chi connectivity index (χ1v) is 16.4. The van der Waals surface area contributed by atoms with Gasteiger partial charge in [-0.3, -0.25) is 4.79 Å². The van der Waals surface area contributed by atoms with E-state index in [4.69, 9.17) is 4.98 Å². The summed E-state index contributed by atoms with van der Waals surface area (Å²) in [5.74, 6) is 0.547. The van der Waals surface area contributed by atoms with Gasteiger partial charge in [-0.25, -0.2) is 0 Å². The van der Waals surface area contributed by atoms with E-state index >= 15 is 0 Å². The Kier molecular flexibility index (Phi) is 10.4. The van der Waals surface area contributed by atoms with Crippen LogP contribution in [0.1, 0.15) is 53.4 Å². The van der Waals surface area contributed by atoms with E-state index in [1.807, 2.05) is 45.2 Å². The maximum atomic E-state index is 11.7. The minimum atomic E-state index is 0. The van der Waals surface area contributed by atoms with Crippen LogP contribution in [-0.2, 0) is 24.9 Å². The first-order valence-electron chi connectivity index (χ1n) is 13.9. The molecule has 0 atom stereocenters. The van der Waals surface area contributed by atoms with Crippen LogP contribution >= 0.6 is 11.3 Å². The molecule has 3 heterocycles. The molecule has 3 nitrogen and oxygen atoms in total.